The van der Waals surface area contributed by atoms with E-state index in [1.807, 2.05) is 14.0 Å². The van der Waals surface area contributed by atoms with Crippen LogP contribution in [0.15, 0.2) is 18.2 Å². The zero-order valence-corrected chi connectivity index (χ0v) is 13.1. The largest absolute Gasteiger partial charge is 0.350 e. The Kier molecular flexibility index (Phi) is 8.44. The van der Waals surface area contributed by atoms with Crippen molar-refractivity contribution in [2.75, 3.05) is 13.6 Å². The van der Waals surface area contributed by atoms with Gasteiger partial charge in [-0.25, -0.2) is 0 Å². The molecule has 3 nitrogen and oxygen atoms in total. The Morgan fingerprint density at radius 3 is 2.32 bits per heavy atom. The minimum atomic E-state index is 0. The summed E-state index contributed by atoms with van der Waals surface area (Å²) >= 11 is 0. The molecule has 0 aliphatic heterocycles. The smallest absolute Gasteiger partial charge is 0.220 e. The van der Waals surface area contributed by atoms with E-state index in [4.69, 9.17) is 0 Å². The Hall–Kier alpha value is -1.06. The topological polar surface area (TPSA) is 41.1 Å². The summed E-state index contributed by atoms with van der Waals surface area (Å²) < 4.78 is 0. The van der Waals surface area contributed by atoms with Crippen molar-refractivity contribution in [1.29, 1.82) is 0 Å². The van der Waals surface area contributed by atoms with Crippen molar-refractivity contribution in [2.24, 2.45) is 0 Å². The molecule has 4 heteroatoms. The van der Waals surface area contributed by atoms with Gasteiger partial charge >= 0.3 is 0 Å². The summed E-state index contributed by atoms with van der Waals surface area (Å²) in [5.41, 5.74) is 3.65. The number of hydrogen-bond acceptors (Lipinski definition) is 2. The van der Waals surface area contributed by atoms with Gasteiger partial charge in [-0.3, -0.25) is 4.79 Å². The summed E-state index contributed by atoms with van der Waals surface area (Å²) in [6.45, 7) is 7.07. The van der Waals surface area contributed by atoms with Crippen LogP contribution in [0, 0.1) is 13.8 Å². The number of carbonyl (C=O) groups is 1. The maximum absolute atomic E-state index is 11.7. The van der Waals surface area contributed by atoms with E-state index in [0.29, 0.717) is 6.42 Å². The molecule has 0 saturated carbocycles. The fourth-order valence-electron chi connectivity index (χ4n) is 2.08. The number of halogens is 1. The minimum absolute atomic E-state index is 0. The highest BCUT2D eigenvalue weighted by atomic mass is 35.5. The van der Waals surface area contributed by atoms with Crippen molar-refractivity contribution in [3.8, 4) is 0 Å². The lowest BCUT2D eigenvalue weighted by molar-refractivity contribution is -0.121. The highest BCUT2D eigenvalue weighted by Crippen LogP contribution is 2.16. The lowest BCUT2D eigenvalue weighted by Crippen LogP contribution is -2.27. The lowest BCUT2D eigenvalue weighted by Gasteiger charge is -2.15. The number of hydrogen-bond donors (Lipinski definition) is 2. The van der Waals surface area contributed by atoms with E-state index in [-0.39, 0.29) is 24.4 Å². The summed E-state index contributed by atoms with van der Waals surface area (Å²) in [6, 6.07) is 6.48. The van der Waals surface area contributed by atoms with Gasteiger partial charge in [0.2, 0.25) is 5.91 Å². The molecule has 19 heavy (non-hydrogen) atoms. The Morgan fingerprint density at radius 1 is 1.21 bits per heavy atom. The Bertz CT molecular complexity index is 387. The molecule has 1 amide bonds. The fourth-order valence-corrected chi connectivity index (χ4v) is 2.08. The monoisotopic (exact) mass is 284 g/mol. The molecule has 1 unspecified atom stereocenters. The predicted octanol–water partition coefficient (Wildman–Crippen LogP) is 2.90. The first-order valence-electron chi connectivity index (χ1n) is 6.55. The summed E-state index contributed by atoms with van der Waals surface area (Å²) in [5.74, 6) is 0.122. The van der Waals surface area contributed by atoms with Crippen LogP contribution in [0.1, 0.15) is 42.5 Å². The molecule has 0 aliphatic rings. The second kappa shape index (κ2) is 8.94. The molecule has 108 valence electrons. The van der Waals surface area contributed by atoms with Crippen LogP contribution in [0.25, 0.3) is 0 Å². The third-order valence-electron chi connectivity index (χ3n) is 2.95. The van der Waals surface area contributed by atoms with Gasteiger partial charge in [0.05, 0.1) is 6.04 Å². The summed E-state index contributed by atoms with van der Waals surface area (Å²) in [7, 11) is 1.90. The number of benzene rings is 1. The number of carbonyl (C=O) groups excluding carboxylic acids is 1. The number of amides is 1. The lowest BCUT2D eigenvalue weighted by atomic mass is 10.0. The van der Waals surface area contributed by atoms with Gasteiger partial charge in [0.15, 0.2) is 0 Å². The number of rotatable bonds is 6. The molecule has 0 fully saturated rings. The van der Waals surface area contributed by atoms with E-state index in [9.17, 15) is 4.79 Å². The highest BCUT2D eigenvalue weighted by molar-refractivity contribution is 5.85. The van der Waals surface area contributed by atoms with Crippen LogP contribution in [0.4, 0.5) is 0 Å². The molecule has 0 heterocycles. The van der Waals surface area contributed by atoms with Gasteiger partial charge in [0, 0.05) is 6.42 Å². The zero-order valence-electron chi connectivity index (χ0n) is 12.2. The van der Waals surface area contributed by atoms with Gasteiger partial charge in [-0.15, -0.1) is 12.4 Å². The van der Waals surface area contributed by atoms with E-state index in [0.717, 1.165) is 13.0 Å². The van der Waals surface area contributed by atoms with Crippen LogP contribution in [0.3, 0.4) is 0 Å². The molecule has 0 aliphatic carbocycles. The molecule has 0 radical (unpaired) electrons. The molecule has 1 atom stereocenters. The van der Waals surface area contributed by atoms with Gasteiger partial charge in [0.1, 0.15) is 0 Å². The summed E-state index contributed by atoms with van der Waals surface area (Å²) in [4.78, 5) is 11.7. The van der Waals surface area contributed by atoms with Crippen molar-refractivity contribution in [3.05, 3.63) is 34.9 Å². The van der Waals surface area contributed by atoms with Crippen LogP contribution in [-0.4, -0.2) is 19.5 Å². The van der Waals surface area contributed by atoms with Gasteiger partial charge in [0.25, 0.3) is 0 Å². The third kappa shape index (κ3) is 6.60. The van der Waals surface area contributed by atoms with Crippen LogP contribution in [-0.2, 0) is 4.79 Å². The van der Waals surface area contributed by atoms with Gasteiger partial charge < -0.3 is 10.6 Å². The standard InChI is InChI=1S/C15H24N2O.ClH/c1-11-8-12(2)10-14(9-11)13(3)17-15(18)6-5-7-16-4;/h8-10,13,16H,5-7H2,1-4H3,(H,17,18);1H. The predicted molar refractivity (Wildman–Crippen MR) is 82.9 cm³/mol. The van der Waals surface area contributed by atoms with Gasteiger partial charge in [-0.05, 0) is 46.3 Å². The number of aryl methyl sites for hydroxylation is 2. The van der Waals surface area contributed by atoms with Crippen LogP contribution in [0.2, 0.25) is 0 Å². The van der Waals surface area contributed by atoms with E-state index in [2.05, 4.69) is 42.7 Å². The molecule has 2 N–H and O–H groups in total. The van der Waals surface area contributed by atoms with Gasteiger partial charge in [-0.1, -0.05) is 29.3 Å². The summed E-state index contributed by atoms with van der Waals surface area (Å²) in [5, 5.41) is 6.09. The van der Waals surface area contributed by atoms with E-state index >= 15 is 0 Å². The average Bonchev–Trinajstić information content (AvgIpc) is 2.28. The Labute approximate surface area is 122 Å². The quantitative estimate of drug-likeness (QED) is 0.789. The van der Waals surface area contributed by atoms with Crippen LogP contribution < -0.4 is 10.6 Å². The van der Waals surface area contributed by atoms with E-state index < -0.39 is 0 Å². The Balaban J connectivity index is 0.00000324. The molecular formula is C15H25ClN2O. The van der Waals surface area contributed by atoms with E-state index in [1.54, 1.807) is 0 Å². The second-order valence-electron chi connectivity index (χ2n) is 4.92. The molecule has 0 aromatic heterocycles. The normalized spacial score (nSPS) is 11.6. The van der Waals surface area contributed by atoms with Crippen molar-refractivity contribution in [3.63, 3.8) is 0 Å². The maximum Gasteiger partial charge on any atom is 0.220 e. The average molecular weight is 285 g/mol. The SMILES string of the molecule is CNCCCC(=O)NC(C)c1cc(C)cc(C)c1.Cl. The molecule has 1 aromatic carbocycles. The zero-order chi connectivity index (χ0) is 13.5. The highest BCUT2D eigenvalue weighted by Gasteiger charge is 2.09. The van der Waals surface area contributed by atoms with Crippen molar-refractivity contribution >= 4 is 18.3 Å². The second-order valence-corrected chi connectivity index (χ2v) is 4.92. The molecule has 0 saturated heterocycles. The van der Waals surface area contributed by atoms with Crippen LogP contribution in [0.5, 0.6) is 0 Å². The first-order valence-corrected chi connectivity index (χ1v) is 6.55. The first-order chi connectivity index (χ1) is 8.52. The minimum Gasteiger partial charge on any atom is -0.350 e. The molecule has 0 bridgehead atoms. The maximum atomic E-state index is 11.7. The Morgan fingerprint density at radius 2 is 1.79 bits per heavy atom. The van der Waals surface area contributed by atoms with E-state index in [1.165, 1.54) is 16.7 Å². The third-order valence-corrected chi connectivity index (χ3v) is 2.95. The molecule has 1 rings (SSSR count). The molecule has 0 spiro atoms. The number of nitrogens with one attached hydrogen (secondary N) is 2. The van der Waals surface area contributed by atoms with Crippen molar-refractivity contribution < 1.29 is 4.79 Å². The summed E-state index contributed by atoms with van der Waals surface area (Å²) in [6.07, 6.45) is 1.46. The molecular weight excluding hydrogens is 260 g/mol. The van der Waals surface area contributed by atoms with Crippen molar-refractivity contribution in [2.45, 2.75) is 39.7 Å². The van der Waals surface area contributed by atoms with Gasteiger partial charge in [-0.2, -0.15) is 0 Å². The van der Waals surface area contributed by atoms with Crippen LogP contribution >= 0.6 is 12.4 Å². The fraction of sp³-hybridized carbons (Fsp3) is 0.533. The van der Waals surface area contributed by atoms with Crippen molar-refractivity contribution in [1.82, 2.24) is 10.6 Å². The first kappa shape index (κ1) is 17.9. The molecule has 1 aromatic rings.